The maximum Gasteiger partial charge on any atom is 0.318 e. The molecule has 31 heavy (non-hydrogen) atoms. The molecular weight excluding hydrogens is 434 g/mol. The number of halogens is 1. The molecule has 1 aliphatic heterocycles. The van der Waals surface area contributed by atoms with Crippen LogP contribution in [0.1, 0.15) is 29.3 Å². The van der Waals surface area contributed by atoms with Gasteiger partial charge in [0.05, 0.1) is 11.1 Å². The fourth-order valence-electron chi connectivity index (χ4n) is 4.74. The number of Topliss-reactive ketones (excluding diaryl/α,β-unsaturated/α-hetero) is 1. The minimum absolute atomic E-state index is 0.0583. The number of phenolic OH excluding ortho intramolecular Hbond substituents is 1. The van der Waals surface area contributed by atoms with E-state index in [4.69, 9.17) is 22.1 Å². The molecule has 2 aliphatic carbocycles. The summed E-state index contributed by atoms with van der Waals surface area (Å²) in [7, 11) is 0. The summed E-state index contributed by atoms with van der Waals surface area (Å²) in [5.74, 6) is -7.44. The van der Waals surface area contributed by atoms with E-state index in [2.05, 4.69) is 0 Å². The number of esters is 1. The molecule has 5 atom stereocenters. The molecule has 2 bridgehead atoms. The van der Waals surface area contributed by atoms with E-state index in [0.29, 0.717) is 0 Å². The largest absolute Gasteiger partial charge is 0.509 e. The Morgan fingerprint density at radius 3 is 2.42 bits per heavy atom. The number of carbonyl (C=O) groups excluding carboxylic acids is 3. The summed E-state index contributed by atoms with van der Waals surface area (Å²) in [5, 5.41) is 51.5. The van der Waals surface area contributed by atoms with Crippen LogP contribution in [0.2, 0.25) is 5.02 Å². The van der Waals surface area contributed by atoms with Gasteiger partial charge in [0, 0.05) is 22.1 Å². The molecule has 0 radical (unpaired) electrons. The predicted octanol–water partition coefficient (Wildman–Crippen LogP) is 0.481. The normalized spacial score (nSPS) is 32.3. The van der Waals surface area contributed by atoms with E-state index in [1.54, 1.807) is 0 Å². The number of ether oxygens (including phenoxy) is 1. The highest BCUT2D eigenvalue weighted by molar-refractivity contribution is 6.32. The number of amides is 1. The number of hydrogen-bond donors (Lipinski definition) is 6. The molecule has 1 heterocycles. The molecule has 11 heteroatoms. The Hall–Kier alpha value is -3.08. The van der Waals surface area contributed by atoms with Crippen LogP contribution in [-0.4, -0.2) is 55.4 Å². The van der Waals surface area contributed by atoms with Gasteiger partial charge in [0.2, 0.25) is 0 Å². The Balaban J connectivity index is 1.84. The van der Waals surface area contributed by atoms with Gasteiger partial charge in [-0.3, -0.25) is 14.4 Å². The molecule has 0 aromatic heterocycles. The standard InChI is InChI=1S/C20H18ClNO9/c1-20-6(4-5-13(24)16(27)11(18(22)29)17(28)14(5)25)9(19(30)31-20)15(26)10-8(23)3-2-7(21)12(10)20/h2-3,6,9,13,17,23-25,27-28H,4H2,1H3,(H2,22,29)/t6-,9+,13?,17?,20-/m0/s1. The fraction of sp³-hybridized carbons (Fsp3) is 0.350. The second kappa shape index (κ2) is 6.71. The van der Waals surface area contributed by atoms with Crippen LogP contribution < -0.4 is 5.73 Å². The quantitative estimate of drug-likeness (QED) is 0.280. The molecular formula is C20H18ClNO9. The molecule has 10 nitrogen and oxygen atoms in total. The third-order valence-electron chi connectivity index (χ3n) is 6.27. The zero-order valence-corrected chi connectivity index (χ0v) is 16.8. The topological polar surface area (TPSA) is 188 Å². The molecule has 1 aromatic carbocycles. The minimum Gasteiger partial charge on any atom is -0.509 e. The number of hydrogen-bond acceptors (Lipinski definition) is 9. The van der Waals surface area contributed by atoms with Gasteiger partial charge in [-0.15, -0.1) is 0 Å². The molecule has 0 spiro atoms. The lowest BCUT2D eigenvalue weighted by Crippen LogP contribution is -2.43. The molecule has 0 saturated carbocycles. The number of benzene rings is 1. The van der Waals surface area contributed by atoms with Crippen LogP contribution in [0.15, 0.2) is 34.8 Å². The van der Waals surface area contributed by atoms with Crippen LogP contribution in [0, 0.1) is 11.8 Å². The van der Waals surface area contributed by atoms with Crippen molar-refractivity contribution in [1.82, 2.24) is 0 Å². The van der Waals surface area contributed by atoms with Gasteiger partial charge in [0.15, 0.2) is 5.78 Å². The number of ketones is 1. The van der Waals surface area contributed by atoms with Gasteiger partial charge in [-0.2, -0.15) is 0 Å². The Bertz CT molecular complexity index is 1120. The van der Waals surface area contributed by atoms with E-state index in [1.165, 1.54) is 19.1 Å². The lowest BCUT2D eigenvalue weighted by atomic mass is 9.65. The first-order chi connectivity index (χ1) is 14.4. The summed E-state index contributed by atoms with van der Waals surface area (Å²) in [5.41, 5.74) is 2.40. The molecule has 1 saturated heterocycles. The Labute approximate surface area is 179 Å². The zero-order valence-electron chi connectivity index (χ0n) is 16.0. The number of aliphatic hydroxyl groups excluding tert-OH is 4. The summed E-state index contributed by atoms with van der Waals surface area (Å²) in [6, 6.07) is 2.55. The third kappa shape index (κ3) is 2.68. The van der Waals surface area contributed by atoms with Gasteiger partial charge < -0.3 is 36.0 Å². The number of aromatic hydroxyl groups is 1. The van der Waals surface area contributed by atoms with Crippen LogP contribution >= 0.6 is 11.6 Å². The summed E-state index contributed by atoms with van der Waals surface area (Å²) >= 11 is 6.27. The van der Waals surface area contributed by atoms with E-state index < -0.39 is 64.4 Å². The molecule has 1 amide bonds. The molecule has 1 aromatic rings. The van der Waals surface area contributed by atoms with Gasteiger partial charge in [-0.25, -0.2) is 0 Å². The predicted molar refractivity (Wildman–Crippen MR) is 103 cm³/mol. The summed E-state index contributed by atoms with van der Waals surface area (Å²) in [4.78, 5) is 37.1. The third-order valence-corrected chi connectivity index (χ3v) is 6.58. The number of nitrogens with two attached hydrogens (primary N) is 1. The summed E-state index contributed by atoms with van der Waals surface area (Å²) in [6.45, 7) is 1.47. The van der Waals surface area contributed by atoms with Crippen LogP contribution in [0.5, 0.6) is 5.75 Å². The van der Waals surface area contributed by atoms with Crippen molar-refractivity contribution in [2.24, 2.45) is 17.6 Å². The van der Waals surface area contributed by atoms with Crippen molar-refractivity contribution in [3.05, 3.63) is 50.9 Å². The zero-order chi connectivity index (χ0) is 23.0. The van der Waals surface area contributed by atoms with Crippen molar-refractivity contribution in [3.63, 3.8) is 0 Å². The van der Waals surface area contributed by atoms with Gasteiger partial charge in [0.25, 0.3) is 5.91 Å². The monoisotopic (exact) mass is 451 g/mol. The van der Waals surface area contributed by atoms with Gasteiger partial charge >= 0.3 is 5.97 Å². The maximum absolute atomic E-state index is 13.1. The average Bonchev–Trinajstić information content (AvgIpc) is 2.89. The Morgan fingerprint density at radius 2 is 1.81 bits per heavy atom. The molecule has 164 valence electrons. The number of phenols is 1. The van der Waals surface area contributed by atoms with Crippen molar-refractivity contribution in [2.45, 2.75) is 31.2 Å². The van der Waals surface area contributed by atoms with Crippen LogP contribution in [0.4, 0.5) is 0 Å². The highest BCUT2D eigenvalue weighted by atomic mass is 35.5. The fourth-order valence-corrected chi connectivity index (χ4v) is 5.09. The lowest BCUT2D eigenvalue weighted by molar-refractivity contribution is -0.149. The van der Waals surface area contributed by atoms with Crippen molar-refractivity contribution >= 4 is 29.3 Å². The van der Waals surface area contributed by atoms with E-state index in [0.717, 1.165) is 0 Å². The van der Waals surface area contributed by atoms with Crippen LogP contribution in [-0.2, 0) is 19.9 Å². The molecule has 4 rings (SSSR count). The first kappa shape index (κ1) is 21.2. The Kier molecular flexibility index (Phi) is 4.58. The van der Waals surface area contributed by atoms with Gasteiger partial charge in [0.1, 0.15) is 41.0 Å². The number of fused-ring (bicyclic) bond motifs is 4. The van der Waals surface area contributed by atoms with Gasteiger partial charge in [-0.1, -0.05) is 11.6 Å². The SMILES string of the molecule is C[C@@]12OC(=O)[C@@H](C(=O)c3c(O)ccc(Cl)c31)[C@@H]2CC1=C(O)C(O)C(C(N)=O)=C(O)C1O. The first-order valence-electron chi connectivity index (χ1n) is 9.21. The van der Waals surface area contributed by atoms with Crippen molar-refractivity contribution < 1.29 is 44.7 Å². The maximum atomic E-state index is 13.1. The molecule has 1 fully saturated rings. The van der Waals surface area contributed by atoms with Crippen LogP contribution in [0.25, 0.3) is 0 Å². The molecule has 7 N–H and O–H groups in total. The Morgan fingerprint density at radius 1 is 1.16 bits per heavy atom. The number of carbonyl (C=O) groups is 3. The van der Waals surface area contributed by atoms with Crippen molar-refractivity contribution in [3.8, 4) is 5.75 Å². The minimum atomic E-state index is -2.00. The van der Waals surface area contributed by atoms with Gasteiger partial charge in [-0.05, 0) is 25.5 Å². The number of aliphatic hydroxyl groups is 4. The van der Waals surface area contributed by atoms with Crippen molar-refractivity contribution in [1.29, 1.82) is 0 Å². The lowest BCUT2D eigenvalue weighted by Gasteiger charge is -2.38. The highest BCUT2D eigenvalue weighted by Gasteiger charge is 2.63. The first-order valence-corrected chi connectivity index (χ1v) is 9.59. The smallest absolute Gasteiger partial charge is 0.318 e. The second-order valence-electron chi connectivity index (χ2n) is 7.88. The summed E-state index contributed by atoms with van der Waals surface area (Å²) in [6.07, 6.45) is -4.30. The molecule has 2 unspecified atom stereocenters. The van der Waals surface area contributed by atoms with Crippen LogP contribution in [0.3, 0.4) is 0 Å². The second-order valence-corrected chi connectivity index (χ2v) is 8.28. The highest BCUT2D eigenvalue weighted by Crippen LogP contribution is 2.57. The molecule has 3 aliphatic rings. The number of rotatable bonds is 3. The number of primary amides is 1. The van der Waals surface area contributed by atoms with E-state index >= 15 is 0 Å². The van der Waals surface area contributed by atoms with E-state index in [-0.39, 0.29) is 33.9 Å². The van der Waals surface area contributed by atoms with Crippen molar-refractivity contribution in [2.75, 3.05) is 0 Å². The summed E-state index contributed by atoms with van der Waals surface area (Å²) < 4.78 is 5.49. The van der Waals surface area contributed by atoms with E-state index in [1.807, 2.05) is 0 Å². The van der Waals surface area contributed by atoms with E-state index in [9.17, 15) is 39.9 Å². The average molecular weight is 452 g/mol.